The first-order chi connectivity index (χ1) is 6.61. The minimum Gasteiger partial charge on any atom is -0.296 e. The molecule has 0 aliphatic rings. The maximum atomic E-state index is 3.93. The van der Waals surface area contributed by atoms with Gasteiger partial charge >= 0.3 is 0 Å². The monoisotopic (exact) mass is 189 g/mol. The second kappa shape index (κ2) is 4.97. The van der Waals surface area contributed by atoms with Gasteiger partial charge in [0.2, 0.25) is 0 Å². The van der Waals surface area contributed by atoms with Gasteiger partial charge in [-0.3, -0.25) is 4.90 Å². The van der Waals surface area contributed by atoms with E-state index < -0.39 is 0 Å². The molecule has 1 rings (SSSR count). The summed E-state index contributed by atoms with van der Waals surface area (Å²) in [4.78, 5) is 2.30. The predicted octanol–water partition coefficient (Wildman–Crippen LogP) is 3.26. The largest absolute Gasteiger partial charge is 0.296 e. The first kappa shape index (κ1) is 11.0. The molecular formula is C13H19N. The van der Waals surface area contributed by atoms with E-state index in [0.717, 1.165) is 6.54 Å². The van der Waals surface area contributed by atoms with Crippen LogP contribution in [-0.2, 0) is 0 Å². The van der Waals surface area contributed by atoms with Gasteiger partial charge in [-0.2, -0.15) is 0 Å². The molecule has 0 unspecified atom stereocenters. The number of nitrogens with zero attached hydrogens (tertiary/aromatic N) is 1. The van der Waals surface area contributed by atoms with Crippen molar-refractivity contribution < 1.29 is 0 Å². The predicted molar refractivity (Wildman–Crippen MR) is 62.3 cm³/mol. The Kier molecular flexibility index (Phi) is 3.90. The lowest BCUT2D eigenvalue weighted by Crippen LogP contribution is -2.23. The second-order valence-corrected chi connectivity index (χ2v) is 3.96. The van der Waals surface area contributed by atoms with Crippen LogP contribution < -0.4 is 0 Å². The van der Waals surface area contributed by atoms with E-state index in [9.17, 15) is 0 Å². The van der Waals surface area contributed by atoms with Gasteiger partial charge in [-0.25, -0.2) is 0 Å². The van der Waals surface area contributed by atoms with Crippen molar-refractivity contribution in [1.29, 1.82) is 0 Å². The Balaban J connectivity index is 2.65. The summed E-state index contributed by atoms with van der Waals surface area (Å²) in [6, 6.07) is 11.0. The quantitative estimate of drug-likeness (QED) is 0.657. The number of hydrogen-bond donors (Lipinski definition) is 0. The van der Waals surface area contributed by atoms with Crippen LogP contribution >= 0.6 is 0 Å². The summed E-state index contributed by atoms with van der Waals surface area (Å²) >= 11 is 0. The van der Waals surface area contributed by atoms with Gasteiger partial charge in [-0.1, -0.05) is 42.5 Å². The number of hydrogen-bond acceptors (Lipinski definition) is 1. The molecule has 0 N–H and O–H groups in total. The summed E-state index contributed by atoms with van der Waals surface area (Å²) in [6.07, 6.45) is 0. The highest BCUT2D eigenvalue weighted by Gasteiger charge is 2.10. The van der Waals surface area contributed by atoms with E-state index in [2.05, 4.69) is 62.7 Å². The Morgan fingerprint density at radius 3 is 2.43 bits per heavy atom. The average molecular weight is 189 g/mol. The topological polar surface area (TPSA) is 3.24 Å². The molecule has 0 fully saturated rings. The first-order valence-electron chi connectivity index (χ1n) is 5.01. The molecule has 0 saturated heterocycles. The van der Waals surface area contributed by atoms with Gasteiger partial charge in [0.25, 0.3) is 0 Å². The van der Waals surface area contributed by atoms with Crippen molar-refractivity contribution in [2.45, 2.75) is 19.9 Å². The Morgan fingerprint density at radius 2 is 1.93 bits per heavy atom. The van der Waals surface area contributed by atoms with Crippen LogP contribution in [0, 0.1) is 0 Å². The number of rotatable bonds is 4. The standard InChI is InChI=1S/C13H19N/c1-11(2)10-14(4)12(3)13-8-6-5-7-9-13/h5-9,12H,1,10H2,2-4H3/t12-/m1/s1. The Bertz CT molecular complexity index is 289. The van der Waals surface area contributed by atoms with Crippen LogP contribution in [0.2, 0.25) is 0 Å². The van der Waals surface area contributed by atoms with Gasteiger partial charge in [-0.05, 0) is 26.5 Å². The zero-order chi connectivity index (χ0) is 10.6. The summed E-state index contributed by atoms with van der Waals surface area (Å²) in [5.74, 6) is 0. The fraction of sp³-hybridized carbons (Fsp3) is 0.385. The summed E-state index contributed by atoms with van der Waals surface area (Å²) in [5, 5.41) is 0. The smallest absolute Gasteiger partial charge is 0.0320 e. The molecule has 0 amide bonds. The normalized spacial score (nSPS) is 12.9. The molecule has 1 nitrogen and oxygen atoms in total. The molecule has 0 aliphatic carbocycles. The second-order valence-electron chi connectivity index (χ2n) is 3.96. The lowest BCUT2D eigenvalue weighted by molar-refractivity contribution is 0.284. The zero-order valence-electron chi connectivity index (χ0n) is 9.33. The van der Waals surface area contributed by atoms with Crippen molar-refractivity contribution >= 4 is 0 Å². The molecule has 0 aliphatic heterocycles. The van der Waals surface area contributed by atoms with E-state index >= 15 is 0 Å². The highest BCUT2D eigenvalue weighted by atomic mass is 15.1. The third-order valence-corrected chi connectivity index (χ3v) is 2.46. The molecular weight excluding hydrogens is 170 g/mol. The molecule has 1 atom stereocenters. The van der Waals surface area contributed by atoms with Crippen LogP contribution in [-0.4, -0.2) is 18.5 Å². The van der Waals surface area contributed by atoms with Crippen molar-refractivity contribution in [1.82, 2.24) is 4.90 Å². The van der Waals surface area contributed by atoms with Gasteiger partial charge in [0.05, 0.1) is 0 Å². The van der Waals surface area contributed by atoms with Gasteiger partial charge in [0, 0.05) is 12.6 Å². The SMILES string of the molecule is C=C(C)CN(C)[C@H](C)c1ccccc1. The van der Waals surface area contributed by atoms with Crippen LogP contribution in [0.15, 0.2) is 42.5 Å². The maximum absolute atomic E-state index is 3.93. The Hall–Kier alpha value is -1.08. The van der Waals surface area contributed by atoms with E-state index in [1.165, 1.54) is 11.1 Å². The minimum absolute atomic E-state index is 0.452. The van der Waals surface area contributed by atoms with E-state index in [-0.39, 0.29) is 0 Å². The molecule has 0 bridgehead atoms. The van der Waals surface area contributed by atoms with Crippen LogP contribution in [0.4, 0.5) is 0 Å². The summed E-state index contributed by atoms with van der Waals surface area (Å²) in [6.45, 7) is 9.17. The molecule has 0 radical (unpaired) electrons. The third kappa shape index (κ3) is 3.00. The number of likely N-dealkylation sites (N-methyl/N-ethyl adjacent to an activating group) is 1. The first-order valence-corrected chi connectivity index (χ1v) is 5.01. The van der Waals surface area contributed by atoms with E-state index in [1.807, 2.05) is 0 Å². The summed E-state index contributed by atoms with van der Waals surface area (Å²) < 4.78 is 0. The van der Waals surface area contributed by atoms with Crippen LogP contribution in [0.3, 0.4) is 0 Å². The van der Waals surface area contributed by atoms with Crippen molar-refractivity contribution in [2.75, 3.05) is 13.6 Å². The zero-order valence-corrected chi connectivity index (χ0v) is 9.33. The summed E-state index contributed by atoms with van der Waals surface area (Å²) in [7, 11) is 2.13. The molecule has 0 aromatic heterocycles. The highest BCUT2D eigenvalue weighted by molar-refractivity contribution is 5.18. The van der Waals surface area contributed by atoms with Gasteiger partial charge in [-0.15, -0.1) is 0 Å². The number of benzene rings is 1. The molecule has 0 saturated carbocycles. The van der Waals surface area contributed by atoms with E-state index in [1.54, 1.807) is 0 Å². The molecule has 1 aromatic carbocycles. The van der Waals surface area contributed by atoms with Crippen molar-refractivity contribution in [3.05, 3.63) is 48.0 Å². The molecule has 1 aromatic rings. The minimum atomic E-state index is 0.452. The van der Waals surface area contributed by atoms with Crippen LogP contribution in [0.5, 0.6) is 0 Å². The Morgan fingerprint density at radius 1 is 1.36 bits per heavy atom. The van der Waals surface area contributed by atoms with Crippen molar-refractivity contribution in [3.8, 4) is 0 Å². The van der Waals surface area contributed by atoms with E-state index in [4.69, 9.17) is 0 Å². The van der Waals surface area contributed by atoms with Crippen LogP contribution in [0.1, 0.15) is 25.5 Å². The summed E-state index contributed by atoms with van der Waals surface area (Å²) in [5.41, 5.74) is 2.56. The Labute approximate surface area is 87.1 Å². The lowest BCUT2D eigenvalue weighted by Gasteiger charge is -2.25. The fourth-order valence-electron chi connectivity index (χ4n) is 1.55. The van der Waals surface area contributed by atoms with Gasteiger partial charge < -0.3 is 0 Å². The van der Waals surface area contributed by atoms with Crippen molar-refractivity contribution in [2.24, 2.45) is 0 Å². The maximum Gasteiger partial charge on any atom is 0.0320 e. The molecule has 1 heteroatoms. The van der Waals surface area contributed by atoms with Crippen LogP contribution in [0.25, 0.3) is 0 Å². The van der Waals surface area contributed by atoms with Crippen molar-refractivity contribution in [3.63, 3.8) is 0 Å². The molecule has 0 heterocycles. The van der Waals surface area contributed by atoms with E-state index in [0.29, 0.717) is 6.04 Å². The highest BCUT2D eigenvalue weighted by Crippen LogP contribution is 2.18. The molecule has 0 spiro atoms. The fourth-order valence-corrected chi connectivity index (χ4v) is 1.55. The lowest BCUT2D eigenvalue weighted by atomic mass is 10.1. The molecule has 14 heavy (non-hydrogen) atoms. The average Bonchev–Trinajstić information content (AvgIpc) is 2.17. The third-order valence-electron chi connectivity index (χ3n) is 2.46. The van der Waals surface area contributed by atoms with Gasteiger partial charge in [0.1, 0.15) is 0 Å². The molecule has 76 valence electrons. The van der Waals surface area contributed by atoms with Gasteiger partial charge in [0.15, 0.2) is 0 Å².